The summed E-state index contributed by atoms with van der Waals surface area (Å²) in [5.74, 6) is -0.615. The van der Waals surface area contributed by atoms with E-state index in [2.05, 4.69) is 10.1 Å². The van der Waals surface area contributed by atoms with Gasteiger partial charge in [0, 0.05) is 17.8 Å². The van der Waals surface area contributed by atoms with E-state index in [1.165, 1.54) is 19.2 Å². The minimum absolute atomic E-state index is 0.289. The van der Waals surface area contributed by atoms with Crippen LogP contribution in [0.1, 0.15) is 13.3 Å². The average Bonchev–Trinajstić information content (AvgIpc) is 2.34. The van der Waals surface area contributed by atoms with E-state index in [0.29, 0.717) is 24.2 Å². The second-order valence-electron chi connectivity index (χ2n) is 3.47. The van der Waals surface area contributed by atoms with Gasteiger partial charge in [0.25, 0.3) is 0 Å². The molecule has 92 valence electrons. The third-order valence-electron chi connectivity index (χ3n) is 2.31. The standard InChI is InChI=1S/C13H16FNO2/c1-3-10(13(16)17-2)7-8-15-12-6-4-5-11(14)9-12/h4-7,9,15H,3,8H2,1-2H3/b10-7-. The van der Waals surface area contributed by atoms with Gasteiger partial charge in [0.15, 0.2) is 0 Å². The maximum atomic E-state index is 12.9. The van der Waals surface area contributed by atoms with Crippen molar-refractivity contribution >= 4 is 11.7 Å². The predicted molar refractivity (Wildman–Crippen MR) is 65.3 cm³/mol. The summed E-state index contributed by atoms with van der Waals surface area (Å²) >= 11 is 0. The van der Waals surface area contributed by atoms with Crippen LogP contribution >= 0.6 is 0 Å². The molecule has 0 radical (unpaired) electrons. The van der Waals surface area contributed by atoms with Crippen molar-refractivity contribution in [3.8, 4) is 0 Å². The highest BCUT2D eigenvalue weighted by Crippen LogP contribution is 2.09. The summed E-state index contributed by atoms with van der Waals surface area (Å²) in [5, 5.41) is 3.01. The lowest BCUT2D eigenvalue weighted by Crippen LogP contribution is -2.07. The topological polar surface area (TPSA) is 38.3 Å². The second kappa shape index (κ2) is 6.68. The van der Waals surface area contributed by atoms with E-state index >= 15 is 0 Å². The summed E-state index contributed by atoms with van der Waals surface area (Å²) in [5.41, 5.74) is 1.29. The third-order valence-corrected chi connectivity index (χ3v) is 2.31. The van der Waals surface area contributed by atoms with Crippen molar-refractivity contribution in [2.45, 2.75) is 13.3 Å². The monoisotopic (exact) mass is 237 g/mol. The molecular weight excluding hydrogens is 221 g/mol. The molecule has 0 unspecified atom stereocenters. The smallest absolute Gasteiger partial charge is 0.333 e. The number of hydrogen-bond acceptors (Lipinski definition) is 3. The summed E-state index contributed by atoms with van der Waals surface area (Å²) in [4.78, 5) is 11.3. The molecule has 1 rings (SSSR count). The lowest BCUT2D eigenvalue weighted by Gasteiger charge is -2.05. The van der Waals surface area contributed by atoms with Gasteiger partial charge in [0.1, 0.15) is 5.82 Å². The van der Waals surface area contributed by atoms with Gasteiger partial charge in [-0.15, -0.1) is 0 Å². The second-order valence-corrected chi connectivity index (χ2v) is 3.47. The molecule has 3 nitrogen and oxygen atoms in total. The molecule has 0 aromatic heterocycles. The molecule has 1 aromatic carbocycles. The van der Waals surface area contributed by atoms with Crippen LogP contribution in [0.4, 0.5) is 10.1 Å². The number of halogens is 1. The highest BCUT2D eigenvalue weighted by atomic mass is 19.1. The van der Waals surface area contributed by atoms with Gasteiger partial charge in [-0.1, -0.05) is 19.1 Å². The van der Waals surface area contributed by atoms with Crippen LogP contribution in [0.5, 0.6) is 0 Å². The number of ether oxygens (including phenoxy) is 1. The zero-order chi connectivity index (χ0) is 12.7. The van der Waals surface area contributed by atoms with Gasteiger partial charge in [-0.3, -0.25) is 0 Å². The van der Waals surface area contributed by atoms with Crippen LogP contribution in [0.3, 0.4) is 0 Å². The maximum Gasteiger partial charge on any atom is 0.333 e. The Morgan fingerprint density at radius 1 is 1.53 bits per heavy atom. The average molecular weight is 237 g/mol. The molecule has 0 atom stereocenters. The van der Waals surface area contributed by atoms with Gasteiger partial charge in [-0.05, 0) is 24.6 Å². The Balaban J connectivity index is 2.56. The normalized spacial score (nSPS) is 11.1. The zero-order valence-electron chi connectivity index (χ0n) is 10.00. The van der Waals surface area contributed by atoms with Crippen LogP contribution in [0.25, 0.3) is 0 Å². The van der Waals surface area contributed by atoms with E-state index in [9.17, 15) is 9.18 Å². The van der Waals surface area contributed by atoms with Crippen molar-refractivity contribution in [2.75, 3.05) is 19.0 Å². The van der Waals surface area contributed by atoms with Crippen molar-refractivity contribution in [2.24, 2.45) is 0 Å². The Labute approximate surface area is 100 Å². The fraction of sp³-hybridized carbons (Fsp3) is 0.308. The fourth-order valence-electron chi connectivity index (χ4n) is 1.39. The quantitative estimate of drug-likeness (QED) is 0.632. The zero-order valence-corrected chi connectivity index (χ0v) is 10.00. The Bertz CT molecular complexity index is 416. The number of carbonyl (C=O) groups is 1. The third kappa shape index (κ3) is 4.26. The SMILES string of the molecule is CC/C(=C/CNc1cccc(F)c1)C(=O)OC. The molecule has 4 heteroatoms. The highest BCUT2D eigenvalue weighted by molar-refractivity contribution is 5.88. The molecular formula is C13H16FNO2. The number of nitrogens with one attached hydrogen (secondary N) is 1. The number of methoxy groups -OCH3 is 1. The van der Waals surface area contributed by atoms with Crippen LogP contribution in [-0.2, 0) is 9.53 Å². The van der Waals surface area contributed by atoms with Gasteiger partial charge in [0.05, 0.1) is 7.11 Å². The van der Waals surface area contributed by atoms with Crippen LogP contribution in [0.2, 0.25) is 0 Å². The van der Waals surface area contributed by atoms with Gasteiger partial charge in [-0.25, -0.2) is 9.18 Å². The molecule has 0 aliphatic carbocycles. The molecule has 0 spiro atoms. The number of benzene rings is 1. The first-order valence-electron chi connectivity index (χ1n) is 5.44. The molecule has 0 aliphatic heterocycles. The minimum Gasteiger partial charge on any atom is -0.466 e. The van der Waals surface area contributed by atoms with Crippen molar-refractivity contribution in [3.63, 3.8) is 0 Å². The number of anilines is 1. The van der Waals surface area contributed by atoms with Crippen molar-refractivity contribution in [1.82, 2.24) is 0 Å². The molecule has 0 heterocycles. The largest absolute Gasteiger partial charge is 0.466 e. The van der Waals surface area contributed by atoms with Gasteiger partial charge in [0.2, 0.25) is 0 Å². The van der Waals surface area contributed by atoms with Crippen LogP contribution in [0, 0.1) is 5.82 Å². The summed E-state index contributed by atoms with van der Waals surface area (Å²) in [6, 6.07) is 6.17. The van der Waals surface area contributed by atoms with Gasteiger partial charge >= 0.3 is 5.97 Å². The molecule has 0 aliphatic rings. The molecule has 17 heavy (non-hydrogen) atoms. The molecule has 0 saturated carbocycles. The predicted octanol–water partition coefficient (Wildman–Crippen LogP) is 2.75. The molecule has 0 saturated heterocycles. The first-order chi connectivity index (χ1) is 8.17. The molecule has 1 N–H and O–H groups in total. The molecule has 1 aromatic rings. The summed E-state index contributed by atoms with van der Waals surface area (Å²) in [6.07, 6.45) is 2.36. The Morgan fingerprint density at radius 2 is 2.29 bits per heavy atom. The minimum atomic E-state index is -0.325. The summed E-state index contributed by atoms with van der Waals surface area (Å²) in [6.45, 7) is 2.34. The lowest BCUT2D eigenvalue weighted by molar-refractivity contribution is -0.136. The first-order valence-corrected chi connectivity index (χ1v) is 5.44. The van der Waals surface area contributed by atoms with E-state index in [4.69, 9.17) is 0 Å². The van der Waals surface area contributed by atoms with Gasteiger partial charge < -0.3 is 10.1 Å². The van der Waals surface area contributed by atoms with Gasteiger partial charge in [-0.2, -0.15) is 0 Å². The lowest BCUT2D eigenvalue weighted by atomic mass is 10.2. The van der Waals surface area contributed by atoms with Crippen molar-refractivity contribution < 1.29 is 13.9 Å². The van der Waals surface area contributed by atoms with E-state index in [1.54, 1.807) is 18.2 Å². The van der Waals surface area contributed by atoms with Crippen LogP contribution in [-0.4, -0.2) is 19.6 Å². The van der Waals surface area contributed by atoms with E-state index < -0.39 is 0 Å². The van der Waals surface area contributed by atoms with E-state index in [1.807, 2.05) is 6.92 Å². The number of carbonyl (C=O) groups excluding carboxylic acids is 1. The molecule has 0 bridgehead atoms. The summed E-state index contributed by atoms with van der Waals surface area (Å²) < 4.78 is 17.5. The number of esters is 1. The Kier molecular flexibility index (Phi) is 5.20. The van der Waals surface area contributed by atoms with Crippen LogP contribution < -0.4 is 5.32 Å². The van der Waals surface area contributed by atoms with Crippen LogP contribution in [0.15, 0.2) is 35.9 Å². The number of hydrogen-bond donors (Lipinski definition) is 1. The van der Waals surface area contributed by atoms with E-state index in [-0.39, 0.29) is 11.8 Å². The Morgan fingerprint density at radius 3 is 2.88 bits per heavy atom. The molecule has 0 fully saturated rings. The highest BCUT2D eigenvalue weighted by Gasteiger charge is 2.05. The summed E-state index contributed by atoms with van der Waals surface area (Å²) in [7, 11) is 1.35. The molecule has 0 amide bonds. The van der Waals surface area contributed by atoms with Crippen molar-refractivity contribution in [3.05, 3.63) is 41.7 Å². The number of rotatable bonds is 5. The first kappa shape index (κ1) is 13.2. The maximum absolute atomic E-state index is 12.9. The fourth-order valence-corrected chi connectivity index (χ4v) is 1.39. The van der Waals surface area contributed by atoms with Crippen molar-refractivity contribution in [1.29, 1.82) is 0 Å². The van der Waals surface area contributed by atoms with E-state index in [0.717, 1.165) is 0 Å². The Hall–Kier alpha value is -1.84.